The summed E-state index contributed by atoms with van der Waals surface area (Å²) in [5.74, 6) is 1.91. The first-order valence-corrected chi connectivity index (χ1v) is 6.90. The number of hydrogen-bond acceptors (Lipinski definition) is 4. The van der Waals surface area contributed by atoms with E-state index in [1.807, 2.05) is 36.0 Å². The van der Waals surface area contributed by atoms with Gasteiger partial charge < -0.3 is 15.2 Å². The summed E-state index contributed by atoms with van der Waals surface area (Å²) in [6, 6.07) is 7.84. The third-order valence-electron chi connectivity index (χ3n) is 3.47. The second kappa shape index (κ2) is 5.19. The fraction of sp³-hybridized carbons (Fsp3) is 0.538. The summed E-state index contributed by atoms with van der Waals surface area (Å²) in [5.41, 5.74) is 0.734. The molecule has 1 aromatic rings. The van der Waals surface area contributed by atoms with Gasteiger partial charge in [-0.25, -0.2) is 0 Å². The largest absolute Gasteiger partial charge is 0.495 e. The van der Waals surface area contributed by atoms with Gasteiger partial charge in [0.1, 0.15) is 5.75 Å². The molecule has 0 bridgehead atoms. The number of rotatable bonds is 4. The van der Waals surface area contributed by atoms with Gasteiger partial charge >= 0.3 is 0 Å². The molecule has 2 atom stereocenters. The lowest BCUT2D eigenvalue weighted by molar-refractivity contribution is 0.212. The van der Waals surface area contributed by atoms with E-state index in [4.69, 9.17) is 4.74 Å². The molecule has 0 saturated carbocycles. The molecule has 1 fully saturated rings. The van der Waals surface area contributed by atoms with E-state index in [0.29, 0.717) is 5.25 Å². The van der Waals surface area contributed by atoms with Gasteiger partial charge in [0.25, 0.3) is 0 Å². The van der Waals surface area contributed by atoms with E-state index in [-0.39, 0.29) is 12.1 Å². The predicted octanol–water partition coefficient (Wildman–Crippen LogP) is 2.36. The lowest BCUT2D eigenvalue weighted by atomic mass is 9.93. The lowest BCUT2D eigenvalue weighted by Crippen LogP contribution is -2.46. The SMILES string of the molecule is COc1ccccc1NC1(CO)CCSC1C. The van der Waals surface area contributed by atoms with Crippen molar-refractivity contribution in [1.29, 1.82) is 0 Å². The first kappa shape index (κ1) is 12.6. The van der Waals surface area contributed by atoms with Gasteiger partial charge in [0.2, 0.25) is 0 Å². The molecule has 0 amide bonds. The summed E-state index contributed by atoms with van der Waals surface area (Å²) in [6.45, 7) is 2.31. The maximum absolute atomic E-state index is 9.70. The van der Waals surface area contributed by atoms with Crippen LogP contribution in [0.2, 0.25) is 0 Å². The summed E-state index contributed by atoms with van der Waals surface area (Å²) >= 11 is 1.90. The number of para-hydroxylation sites is 2. The maximum Gasteiger partial charge on any atom is 0.141 e. The van der Waals surface area contributed by atoms with Crippen LogP contribution in [0.3, 0.4) is 0 Å². The van der Waals surface area contributed by atoms with E-state index in [0.717, 1.165) is 23.6 Å². The van der Waals surface area contributed by atoms with Gasteiger partial charge in [-0.1, -0.05) is 19.1 Å². The number of hydrogen-bond donors (Lipinski definition) is 2. The average molecular weight is 253 g/mol. The molecular weight excluding hydrogens is 234 g/mol. The Labute approximate surface area is 107 Å². The Bertz CT molecular complexity index is 385. The van der Waals surface area contributed by atoms with Crippen LogP contribution in [-0.2, 0) is 0 Å². The molecule has 1 aromatic carbocycles. The number of nitrogens with one attached hydrogen (secondary N) is 1. The summed E-state index contributed by atoms with van der Waals surface area (Å²) in [4.78, 5) is 0. The maximum atomic E-state index is 9.70. The van der Waals surface area contributed by atoms with Crippen molar-refractivity contribution in [1.82, 2.24) is 0 Å². The van der Waals surface area contributed by atoms with Gasteiger partial charge in [-0.2, -0.15) is 11.8 Å². The average Bonchev–Trinajstić information content (AvgIpc) is 2.72. The van der Waals surface area contributed by atoms with Crippen molar-refractivity contribution in [2.45, 2.75) is 24.1 Å². The fourth-order valence-corrected chi connectivity index (χ4v) is 3.61. The second-order valence-corrected chi connectivity index (χ2v) is 5.85. The highest BCUT2D eigenvalue weighted by Crippen LogP contribution is 2.39. The van der Waals surface area contributed by atoms with Crippen molar-refractivity contribution in [3.63, 3.8) is 0 Å². The molecule has 3 nitrogen and oxygen atoms in total. The van der Waals surface area contributed by atoms with E-state index in [9.17, 15) is 5.11 Å². The van der Waals surface area contributed by atoms with E-state index in [1.165, 1.54) is 0 Å². The Morgan fingerprint density at radius 3 is 2.88 bits per heavy atom. The minimum Gasteiger partial charge on any atom is -0.495 e. The van der Waals surface area contributed by atoms with Crippen LogP contribution in [0.25, 0.3) is 0 Å². The van der Waals surface area contributed by atoms with Crippen LogP contribution < -0.4 is 10.1 Å². The van der Waals surface area contributed by atoms with Gasteiger partial charge in [0, 0.05) is 5.25 Å². The van der Waals surface area contributed by atoms with E-state index >= 15 is 0 Å². The number of aliphatic hydroxyl groups excluding tert-OH is 1. The molecule has 94 valence electrons. The van der Waals surface area contributed by atoms with Crippen LogP contribution in [0.4, 0.5) is 5.69 Å². The quantitative estimate of drug-likeness (QED) is 0.864. The summed E-state index contributed by atoms with van der Waals surface area (Å²) in [5, 5.41) is 13.6. The molecule has 4 heteroatoms. The van der Waals surface area contributed by atoms with Crippen LogP contribution in [0.5, 0.6) is 5.75 Å². The molecule has 1 saturated heterocycles. The van der Waals surface area contributed by atoms with Crippen molar-refractivity contribution < 1.29 is 9.84 Å². The van der Waals surface area contributed by atoms with Crippen molar-refractivity contribution in [3.8, 4) is 5.75 Å². The number of methoxy groups -OCH3 is 1. The first-order valence-electron chi connectivity index (χ1n) is 5.85. The Balaban J connectivity index is 2.24. The van der Waals surface area contributed by atoms with Crippen molar-refractivity contribution in [3.05, 3.63) is 24.3 Å². The van der Waals surface area contributed by atoms with Gasteiger partial charge in [-0.05, 0) is 24.3 Å². The van der Waals surface area contributed by atoms with Crippen LogP contribution in [0, 0.1) is 0 Å². The Kier molecular flexibility index (Phi) is 3.84. The summed E-state index contributed by atoms with van der Waals surface area (Å²) in [7, 11) is 1.67. The Morgan fingerprint density at radius 2 is 2.29 bits per heavy atom. The van der Waals surface area contributed by atoms with Crippen molar-refractivity contribution in [2.24, 2.45) is 0 Å². The smallest absolute Gasteiger partial charge is 0.141 e. The highest BCUT2D eigenvalue weighted by molar-refractivity contribution is 8.00. The standard InChI is InChI=1S/C13H19NO2S/c1-10-13(9-15,7-8-17-10)14-11-5-3-4-6-12(11)16-2/h3-6,10,14-15H,7-9H2,1-2H3. The van der Waals surface area contributed by atoms with Gasteiger partial charge in [0.15, 0.2) is 0 Å². The molecule has 1 aliphatic heterocycles. The van der Waals surface area contributed by atoms with Gasteiger partial charge in [-0.15, -0.1) is 0 Å². The monoisotopic (exact) mass is 253 g/mol. The highest BCUT2D eigenvalue weighted by Gasteiger charge is 2.40. The zero-order chi connectivity index (χ0) is 12.3. The molecule has 1 aliphatic rings. The Morgan fingerprint density at radius 1 is 1.53 bits per heavy atom. The second-order valence-electron chi connectivity index (χ2n) is 4.40. The zero-order valence-electron chi connectivity index (χ0n) is 10.3. The molecule has 0 radical (unpaired) electrons. The minimum atomic E-state index is -0.223. The third kappa shape index (κ3) is 2.38. The van der Waals surface area contributed by atoms with E-state index < -0.39 is 0 Å². The molecule has 17 heavy (non-hydrogen) atoms. The predicted molar refractivity (Wildman–Crippen MR) is 73.0 cm³/mol. The molecule has 2 unspecified atom stereocenters. The fourth-order valence-electron chi connectivity index (χ4n) is 2.21. The summed E-state index contributed by atoms with van der Waals surface area (Å²) in [6.07, 6.45) is 0.980. The molecule has 0 aliphatic carbocycles. The molecule has 1 heterocycles. The third-order valence-corrected chi connectivity index (χ3v) is 4.86. The number of anilines is 1. The van der Waals surface area contributed by atoms with Gasteiger partial charge in [0.05, 0.1) is 24.9 Å². The zero-order valence-corrected chi connectivity index (χ0v) is 11.1. The number of ether oxygens (including phenoxy) is 1. The number of benzene rings is 1. The van der Waals surface area contributed by atoms with Gasteiger partial charge in [-0.3, -0.25) is 0 Å². The molecule has 0 aromatic heterocycles. The molecule has 2 N–H and O–H groups in total. The van der Waals surface area contributed by atoms with Crippen LogP contribution >= 0.6 is 11.8 Å². The number of aliphatic hydroxyl groups is 1. The van der Waals surface area contributed by atoms with Crippen molar-refractivity contribution >= 4 is 17.4 Å². The van der Waals surface area contributed by atoms with Crippen LogP contribution in [-0.4, -0.2) is 35.4 Å². The van der Waals surface area contributed by atoms with E-state index in [1.54, 1.807) is 7.11 Å². The minimum absolute atomic E-state index is 0.152. The normalized spacial score (nSPS) is 28.1. The lowest BCUT2D eigenvalue weighted by Gasteiger charge is -2.33. The molecule has 2 rings (SSSR count). The van der Waals surface area contributed by atoms with Crippen LogP contribution in [0.15, 0.2) is 24.3 Å². The summed E-state index contributed by atoms with van der Waals surface area (Å²) < 4.78 is 5.33. The highest BCUT2D eigenvalue weighted by atomic mass is 32.2. The van der Waals surface area contributed by atoms with Crippen LogP contribution in [0.1, 0.15) is 13.3 Å². The van der Waals surface area contributed by atoms with E-state index in [2.05, 4.69) is 12.2 Å². The molecular formula is C13H19NO2S. The van der Waals surface area contributed by atoms with Crippen molar-refractivity contribution in [2.75, 3.05) is 24.8 Å². The number of thioether (sulfide) groups is 1. The Hall–Kier alpha value is -0.870. The topological polar surface area (TPSA) is 41.5 Å². The first-order chi connectivity index (χ1) is 8.22. The molecule has 0 spiro atoms.